The van der Waals surface area contributed by atoms with Crippen LogP contribution in [-0.2, 0) is 0 Å². The van der Waals surface area contributed by atoms with Crippen molar-refractivity contribution in [2.45, 2.75) is 6.92 Å². The zero-order chi connectivity index (χ0) is 15.8. The van der Waals surface area contributed by atoms with Crippen LogP contribution in [0, 0.1) is 6.92 Å². The molecule has 5 nitrogen and oxygen atoms in total. The summed E-state index contributed by atoms with van der Waals surface area (Å²) < 4.78 is 10.7. The Bertz CT molecular complexity index is 615. The Labute approximate surface area is 130 Å². The highest BCUT2D eigenvalue weighted by atomic mass is 16.5. The van der Waals surface area contributed by atoms with Gasteiger partial charge in [0.25, 0.3) is 0 Å². The van der Waals surface area contributed by atoms with Gasteiger partial charge in [-0.2, -0.15) is 0 Å². The molecule has 2 aromatic rings. The summed E-state index contributed by atoms with van der Waals surface area (Å²) in [5.74, 6) is 1.41. The van der Waals surface area contributed by atoms with Gasteiger partial charge in [-0.25, -0.2) is 4.79 Å². The number of carbonyl (C=O) groups is 1. The van der Waals surface area contributed by atoms with Crippen LogP contribution in [0.1, 0.15) is 5.56 Å². The van der Waals surface area contributed by atoms with E-state index in [4.69, 9.17) is 9.47 Å². The van der Waals surface area contributed by atoms with Crippen molar-refractivity contribution in [3.63, 3.8) is 0 Å². The van der Waals surface area contributed by atoms with Crippen LogP contribution in [0.3, 0.4) is 0 Å². The third-order valence-corrected chi connectivity index (χ3v) is 3.00. The lowest BCUT2D eigenvalue weighted by atomic mass is 10.2. The van der Waals surface area contributed by atoms with Crippen LogP contribution in [0.4, 0.5) is 10.5 Å². The maximum Gasteiger partial charge on any atom is 0.319 e. The molecule has 0 fully saturated rings. The summed E-state index contributed by atoms with van der Waals surface area (Å²) >= 11 is 0. The van der Waals surface area contributed by atoms with Crippen LogP contribution in [0.25, 0.3) is 0 Å². The molecule has 0 heterocycles. The molecular weight excluding hydrogens is 280 g/mol. The first-order valence-corrected chi connectivity index (χ1v) is 7.06. The third-order valence-electron chi connectivity index (χ3n) is 3.00. The molecule has 0 atom stereocenters. The van der Waals surface area contributed by atoms with Crippen LogP contribution >= 0.6 is 0 Å². The number of methoxy groups -OCH3 is 1. The molecule has 0 aliphatic carbocycles. The van der Waals surface area contributed by atoms with Gasteiger partial charge in [-0.05, 0) is 36.8 Å². The van der Waals surface area contributed by atoms with E-state index in [1.54, 1.807) is 7.11 Å². The zero-order valence-corrected chi connectivity index (χ0v) is 12.8. The zero-order valence-electron chi connectivity index (χ0n) is 12.8. The number of carbonyl (C=O) groups excluding carboxylic acids is 1. The second kappa shape index (κ2) is 7.93. The van der Waals surface area contributed by atoms with Crippen molar-refractivity contribution in [2.75, 3.05) is 25.6 Å². The SMILES string of the molecule is COc1ccc(C)cc1NC(=O)NCCOc1ccccc1. The Hall–Kier alpha value is -2.69. The lowest BCUT2D eigenvalue weighted by Gasteiger charge is -2.12. The molecule has 2 aromatic carbocycles. The quantitative estimate of drug-likeness (QED) is 0.805. The molecule has 0 bridgehead atoms. The van der Waals surface area contributed by atoms with Gasteiger partial charge < -0.3 is 20.1 Å². The van der Waals surface area contributed by atoms with Crippen LogP contribution in [-0.4, -0.2) is 26.3 Å². The molecule has 0 aromatic heterocycles. The monoisotopic (exact) mass is 300 g/mol. The van der Waals surface area contributed by atoms with Gasteiger partial charge in [0, 0.05) is 0 Å². The van der Waals surface area contributed by atoms with E-state index in [-0.39, 0.29) is 6.03 Å². The minimum absolute atomic E-state index is 0.291. The van der Waals surface area contributed by atoms with Crippen molar-refractivity contribution >= 4 is 11.7 Å². The summed E-state index contributed by atoms with van der Waals surface area (Å²) in [6, 6.07) is 14.8. The van der Waals surface area contributed by atoms with Crippen LogP contribution in [0.2, 0.25) is 0 Å². The van der Waals surface area contributed by atoms with Gasteiger partial charge in [0.15, 0.2) is 0 Å². The van der Waals surface area contributed by atoms with Gasteiger partial charge in [-0.15, -0.1) is 0 Å². The number of para-hydroxylation sites is 1. The predicted octanol–water partition coefficient (Wildman–Crippen LogP) is 3.20. The Kier molecular flexibility index (Phi) is 5.65. The first-order chi connectivity index (χ1) is 10.7. The fourth-order valence-electron chi connectivity index (χ4n) is 1.94. The molecule has 2 amide bonds. The van der Waals surface area contributed by atoms with E-state index in [9.17, 15) is 4.79 Å². The molecule has 0 saturated carbocycles. The van der Waals surface area contributed by atoms with E-state index in [1.165, 1.54) is 0 Å². The molecule has 0 unspecified atom stereocenters. The van der Waals surface area contributed by atoms with E-state index >= 15 is 0 Å². The number of urea groups is 1. The molecule has 22 heavy (non-hydrogen) atoms. The molecule has 0 aliphatic heterocycles. The van der Waals surface area contributed by atoms with E-state index in [2.05, 4.69) is 10.6 Å². The maximum atomic E-state index is 11.9. The highest BCUT2D eigenvalue weighted by Gasteiger charge is 2.07. The molecule has 0 aliphatic rings. The number of benzene rings is 2. The van der Waals surface area contributed by atoms with Gasteiger partial charge in [-0.3, -0.25) is 0 Å². The Morgan fingerprint density at radius 1 is 1.14 bits per heavy atom. The summed E-state index contributed by atoms with van der Waals surface area (Å²) in [4.78, 5) is 11.9. The number of hydrogen-bond acceptors (Lipinski definition) is 3. The summed E-state index contributed by atoms with van der Waals surface area (Å²) in [5, 5.41) is 5.51. The van der Waals surface area contributed by atoms with Gasteiger partial charge in [-0.1, -0.05) is 24.3 Å². The predicted molar refractivity (Wildman–Crippen MR) is 86.7 cm³/mol. The number of hydrogen-bond donors (Lipinski definition) is 2. The lowest BCUT2D eigenvalue weighted by Crippen LogP contribution is -2.32. The second-order valence-corrected chi connectivity index (χ2v) is 4.75. The summed E-state index contributed by atoms with van der Waals surface area (Å²) in [7, 11) is 1.57. The van der Waals surface area contributed by atoms with Crippen LogP contribution < -0.4 is 20.1 Å². The molecule has 2 N–H and O–H groups in total. The Morgan fingerprint density at radius 3 is 2.64 bits per heavy atom. The normalized spacial score (nSPS) is 9.91. The largest absolute Gasteiger partial charge is 0.495 e. The van der Waals surface area contributed by atoms with E-state index < -0.39 is 0 Å². The fourth-order valence-corrected chi connectivity index (χ4v) is 1.94. The standard InChI is InChI=1S/C17H20N2O3/c1-13-8-9-16(21-2)15(12-13)19-17(20)18-10-11-22-14-6-4-3-5-7-14/h3-9,12H,10-11H2,1-2H3,(H2,18,19,20). The highest BCUT2D eigenvalue weighted by molar-refractivity contribution is 5.91. The molecule has 116 valence electrons. The average Bonchev–Trinajstić information content (AvgIpc) is 2.53. The molecule has 0 radical (unpaired) electrons. The number of nitrogens with one attached hydrogen (secondary N) is 2. The Morgan fingerprint density at radius 2 is 1.91 bits per heavy atom. The van der Waals surface area contributed by atoms with Crippen molar-refractivity contribution in [1.82, 2.24) is 5.32 Å². The number of rotatable bonds is 6. The molecule has 5 heteroatoms. The van der Waals surface area contributed by atoms with E-state index in [0.717, 1.165) is 11.3 Å². The summed E-state index contributed by atoms with van der Waals surface area (Å²) in [6.07, 6.45) is 0. The third kappa shape index (κ3) is 4.70. The molecule has 0 saturated heterocycles. The number of aryl methyl sites for hydroxylation is 1. The molecule has 0 spiro atoms. The molecular formula is C17H20N2O3. The number of amides is 2. The van der Waals surface area contributed by atoms with Gasteiger partial charge in [0.05, 0.1) is 19.3 Å². The van der Waals surface area contributed by atoms with Crippen LogP contribution in [0.15, 0.2) is 48.5 Å². The van der Waals surface area contributed by atoms with Crippen molar-refractivity contribution in [2.24, 2.45) is 0 Å². The minimum Gasteiger partial charge on any atom is -0.495 e. The number of ether oxygens (including phenoxy) is 2. The van der Waals surface area contributed by atoms with Crippen molar-refractivity contribution < 1.29 is 14.3 Å². The second-order valence-electron chi connectivity index (χ2n) is 4.75. The van der Waals surface area contributed by atoms with Crippen molar-refractivity contribution in [3.05, 3.63) is 54.1 Å². The first kappa shape index (κ1) is 15.7. The average molecular weight is 300 g/mol. The van der Waals surface area contributed by atoms with E-state index in [0.29, 0.717) is 24.6 Å². The van der Waals surface area contributed by atoms with E-state index in [1.807, 2.05) is 55.5 Å². The summed E-state index contributed by atoms with van der Waals surface area (Å²) in [5.41, 5.74) is 1.69. The minimum atomic E-state index is -0.291. The van der Waals surface area contributed by atoms with Crippen molar-refractivity contribution in [1.29, 1.82) is 0 Å². The topological polar surface area (TPSA) is 59.6 Å². The Balaban J connectivity index is 1.77. The molecule has 2 rings (SSSR count). The lowest BCUT2D eigenvalue weighted by molar-refractivity contribution is 0.247. The van der Waals surface area contributed by atoms with Crippen molar-refractivity contribution in [3.8, 4) is 11.5 Å². The maximum absolute atomic E-state index is 11.9. The van der Waals surface area contributed by atoms with Gasteiger partial charge in [0.1, 0.15) is 18.1 Å². The highest BCUT2D eigenvalue weighted by Crippen LogP contribution is 2.24. The smallest absolute Gasteiger partial charge is 0.319 e. The number of anilines is 1. The first-order valence-electron chi connectivity index (χ1n) is 7.06. The fraction of sp³-hybridized carbons (Fsp3) is 0.235. The van der Waals surface area contributed by atoms with Crippen LogP contribution in [0.5, 0.6) is 11.5 Å². The van der Waals surface area contributed by atoms with Gasteiger partial charge >= 0.3 is 6.03 Å². The van der Waals surface area contributed by atoms with Gasteiger partial charge in [0.2, 0.25) is 0 Å². The summed E-state index contributed by atoms with van der Waals surface area (Å²) in [6.45, 7) is 2.77.